The molecule has 2 aliphatic heterocycles. The number of carbonyl (C=O) groups excluding carboxylic acids is 3. The van der Waals surface area contributed by atoms with Crippen LogP contribution in [0, 0.1) is 5.92 Å². The SMILES string of the molecule is CC(C)(C)OC(=O)N1CCC[C@H](C(=O)Nc2nc3c(s2)C(=O)NCCC3)C1. The molecule has 0 unspecified atom stereocenters. The van der Waals surface area contributed by atoms with Gasteiger partial charge in [0.05, 0.1) is 11.6 Å². The van der Waals surface area contributed by atoms with Gasteiger partial charge in [-0.1, -0.05) is 11.3 Å². The summed E-state index contributed by atoms with van der Waals surface area (Å²) in [5, 5.41) is 6.10. The number of piperidine rings is 1. The lowest BCUT2D eigenvalue weighted by Gasteiger charge is -2.33. The average molecular weight is 394 g/mol. The number of fused-ring (bicyclic) bond motifs is 1. The average Bonchev–Trinajstić information content (AvgIpc) is 2.92. The zero-order valence-corrected chi connectivity index (χ0v) is 16.8. The highest BCUT2D eigenvalue weighted by molar-refractivity contribution is 7.17. The maximum atomic E-state index is 12.7. The van der Waals surface area contributed by atoms with Crippen molar-refractivity contribution in [1.82, 2.24) is 15.2 Å². The number of rotatable bonds is 2. The van der Waals surface area contributed by atoms with E-state index in [1.54, 1.807) is 4.90 Å². The molecular weight excluding hydrogens is 368 g/mol. The largest absolute Gasteiger partial charge is 0.444 e. The van der Waals surface area contributed by atoms with E-state index < -0.39 is 11.7 Å². The van der Waals surface area contributed by atoms with Crippen molar-refractivity contribution in [3.8, 4) is 0 Å². The number of aromatic nitrogens is 1. The van der Waals surface area contributed by atoms with Gasteiger partial charge in [0.1, 0.15) is 10.5 Å². The van der Waals surface area contributed by atoms with Gasteiger partial charge in [0.2, 0.25) is 5.91 Å². The van der Waals surface area contributed by atoms with Gasteiger partial charge in [-0.05, 0) is 46.5 Å². The van der Waals surface area contributed by atoms with Gasteiger partial charge in [-0.3, -0.25) is 9.59 Å². The van der Waals surface area contributed by atoms with Gasteiger partial charge in [-0.25, -0.2) is 9.78 Å². The molecule has 0 bridgehead atoms. The lowest BCUT2D eigenvalue weighted by Crippen LogP contribution is -2.45. The first-order valence-corrected chi connectivity index (χ1v) is 10.1. The zero-order chi connectivity index (χ0) is 19.6. The van der Waals surface area contributed by atoms with Crippen molar-refractivity contribution < 1.29 is 19.1 Å². The van der Waals surface area contributed by atoms with E-state index in [4.69, 9.17) is 4.74 Å². The number of anilines is 1. The van der Waals surface area contributed by atoms with Gasteiger partial charge in [-0.15, -0.1) is 0 Å². The summed E-state index contributed by atoms with van der Waals surface area (Å²) in [6.45, 7) is 7.02. The second-order valence-electron chi connectivity index (χ2n) is 7.91. The van der Waals surface area contributed by atoms with Crippen LogP contribution in [0.2, 0.25) is 0 Å². The summed E-state index contributed by atoms with van der Waals surface area (Å²) in [6.07, 6.45) is 2.61. The summed E-state index contributed by atoms with van der Waals surface area (Å²) < 4.78 is 5.40. The summed E-state index contributed by atoms with van der Waals surface area (Å²) >= 11 is 1.20. The van der Waals surface area contributed by atoms with Crippen LogP contribution in [-0.4, -0.2) is 53.0 Å². The van der Waals surface area contributed by atoms with Crippen molar-refractivity contribution in [2.75, 3.05) is 25.0 Å². The number of hydrogen-bond acceptors (Lipinski definition) is 6. The number of likely N-dealkylation sites (tertiary alicyclic amines) is 1. The van der Waals surface area contributed by atoms with Gasteiger partial charge >= 0.3 is 6.09 Å². The molecule has 8 nitrogen and oxygen atoms in total. The molecule has 0 spiro atoms. The van der Waals surface area contributed by atoms with Crippen LogP contribution >= 0.6 is 11.3 Å². The highest BCUT2D eigenvalue weighted by Gasteiger charge is 2.31. The predicted molar refractivity (Wildman–Crippen MR) is 102 cm³/mol. The van der Waals surface area contributed by atoms with Crippen molar-refractivity contribution in [2.45, 2.75) is 52.1 Å². The fraction of sp³-hybridized carbons (Fsp3) is 0.667. The fourth-order valence-electron chi connectivity index (χ4n) is 3.18. The van der Waals surface area contributed by atoms with Gasteiger partial charge in [0.25, 0.3) is 5.91 Å². The molecule has 0 radical (unpaired) electrons. The first-order chi connectivity index (χ1) is 12.7. The van der Waals surface area contributed by atoms with Gasteiger partial charge in [0.15, 0.2) is 5.13 Å². The Morgan fingerprint density at radius 1 is 1.33 bits per heavy atom. The summed E-state index contributed by atoms with van der Waals surface area (Å²) in [5.74, 6) is -0.620. The minimum absolute atomic E-state index is 0.130. The Hall–Kier alpha value is -2.16. The second-order valence-corrected chi connectivity index (χ2v) is 8.91. The Labute approximate surface area is 162 Å². The van der Waals surface area contributed by atoms with Crippen molar-refractivity contribution in [2.24, 2.45) is 5.92 Å². The van der Waals surface area contributed by atoms with Crippen LogP contribution in [-0.2, 0) is 16.0 Å². The number of nitrogens with zero attached hydrogens (tertiary/aromatic N) is 2. The smallest absolute Gasteiger partial charge is 0.410 e. The van der Waals surface area contributed by atoms with E-state index >= 15 is 0 Å². The molecule has 0 saturated carbocycles. The third-order valence-electron chi connectivity index (χ3n) is 4.45. The molecule has 3 amide bonds. The maximum Gasteiger partial charge on any atom is 0.410 e. The van der Waals surface area contributed by atoms with Crippen molar-refractivity contribution in [3.05, 3.63) is 10.6 Å². The first-order valence-electron chi connectivity index (χ1n) is 9.29. The Morgan fingerprint density at radius 2 is 2.11 bits per heavy atom. The topological polar surface area (TPSA) is 101 Å². The van der Waals surface area contributed by atoms with Gasteiger partial charge < -0.3 is 20.3 Å². The van der Waals surface area contributed by atoms with Crippen LogP contribution in [0.15, 0.2) is 0 Å². The van der Waals surface area contributed by atoms with Crippen LogP contribution in [0.1, 0.15) is 55.4 Å². The van der Waals surface area contributed by atoms with Gasteiger partial charge in [0, 0.05) is 19.6 Å². The Morgan fingerprint density at radius 3 is 2.85 bits per heavy atom. The summed E-state index contributed by atoms with van der Waals surface area (Å²) in [6, 6.07) is 0. The molecular formula is C18H26N4O4S. The number of carbonyl (C=O) groups is 3. The lowest BCUT2D eigenvalue weighted by molar-refractivity contribution is -0.121. The normalized spacial score (nSPS) is 20.3. The van der Waals surface area contributed by atoms with E-state index in [2.05, 4.69) is 15.6 Å². The monoisotopic (exact) mass is 394 g/mol. The predicted octanol–water partition coefficient (Wildman–Crippen LogP) is 2.40. The van der Waals surface area contributed by atoms with Crippen LogP contribution in [0.5, 0.6) is 0 Å². The van der Waals surface area contributed by atoms with Crippen molar-refractivity contribution >= 4 is 34.4 Å². The van der Waals surface area contributed by atoms with E-state index in [-0.39, 0.29) is 17.7 Å². The van der Waals surface area contributed by atoms with Crippen LogP contribution < -0.4 is 10.6 Å². The Bertz CT molecular complexity index is 740. The Kier molecular flexibility index (Phi) is 5.69. The molecule has 2 N–H and O–H groups in total. The number of thiazole rings is 1. The fourth-order valence-corrected chi connectivity index (χ4v) is 4.11. The molecule has 148 valence electrons. The van der Waals surface area contributed by atoms with Crippen LogP contribution in [0.4, 0.5) is 9.93 Å². The third-order valence-corrected chi connectivity index (χ3v) is 5.47. The quantitative estimate of drug-likeness (QED) is 0.802. The van der Waals surface area contributed by atoms with E-state index in [1.165, 1.54) is 11.3 Å². The van der Waals surface area contributed by atoms with E-state index in [9.17, 15) is 14.4 Å². The summed E-state index contributed by atoms with van der Waals surface area (Å²) in [7, 11) is 0. The molecule has 1 atom stereocenters. The molecule has 9 heteroatoms. The van der Waals surface area contributed by atoms with E-state index in [0.717, 1.165) is 25.0 Å². The molecule has 1 aromatic heterocycles. The molecule has 0 aliphatic carbocycles. The number of hydrogen-bond donors (Lipinski definition) is 2. The highest BCUT2D eigenvalue weighted by atomic mass is 32.1. The summed E-state index contributed by atoms with van der Waals surface area (Å²) in [5.41, 5.74) is 0.176. The number of aryl methyl sites for hydroxylation is 1. The number of amides is 3. The standard InChI is InChI=1S/C18H26N4O4S/c1-18(2,3)26-17(25)22-9-5-6-11(10-22)14(23)21-16-20-12-7-4-8-19-15(24)13(12)27-16/h11H,4-10H2,1-3H3,(H,19,24)(H,20,21,23)/t11-/m0/s1. The van der Waals surface area contributed by atoms with Crippen molar-refractivity contribution in [3.63, 3.8) is 0 Å². The number of nitrogens with one attached hydrogen (secondary N) is 2. The van der Waals surface area contributed by atoms with E-state index in [0.29, 0.717) is 36.1 Å². The molecule has 2 aliphatic rings. The molecule has 1 aromatic rings. The second kappa shape index (κ2) is 7.84. The maximum absolute atomic E-state index is 12.7. The summed E-state index contributed by atoms with van der Waals surface area (Å²) in [4.78, 5) is 43.5. The van der Waals surface area contributed by atoms with Crippen molar-refractivity contribution in [1.29, 1.82) is 0 Å². The highest BCUT2D eigenvalue weighted by Crippen LogP contribution is 2.27. The number of ether oxygens (including phenoxy) is 1. The molecule has 0 aromatic carbocycles. The molecule has 3 rings (SSSR count). The van der Waals surface area contributed by atoms with E-state index in [1.807, 2.05) is 20.8 Å². The zero-order valence-electron chi connectivity index (χ0n) is 16.0. The molecule has 1 saturated heterocycles. The minimum Gasteiger partial charge on any atom is -0.444 e. The van der Waals surface area contributed by atoms with Crippen LogP contribution in [0.3, 0.4) is 0 Å². The molecule has 3 heterocycles. The van der Waals surface area contributed by atoms with Crippen LogP contribution in [0.25, 0.3) is 0 Å². The molecule has 27 heavy (non-hydrogen) atoms. The third kappa shape index (κ3) is 4.97. The minimum atomic E-state index is -0.564. The lowest BCUT2D eigenvalue weighted by atomic mass is 9.97. The first kappa shape index (κ1) is 19.6. The van der Waals surface area contributed by atoms with Gasteiger partial charge in [-0.2, -0.15) is 0 Å². The Balaban J connectivity index is 1.62. The molecule has 1 fully saturated rings.